The number of aliphatic hydroxyl groups excluding tert-OH is 1. The van der Waals surface area contributed by atoms with Gasteiger partial charge in [0.25, 0.3) is 0 Å². The highest BCUT2D eigenvalue weighted by Gasteiger charge is 2.03. The summed E-state index contributed by atoms with van der Waals surface area (Å²) in [5, 5.41) is 19.1. The molecule has 0 saturated carbocycles. The lowest BCUT2D eigenvalue weighted by atomic mass is 10.1. The minimum Gasteiger partial charge on any atom is -0.465 e. The minimum atomic E-state index is -1.16. The number of rotatable bonds is 3. The number of carboxylic acid groups (broad SMARTS) is 1. The van der Waals surface area contributed by atoms with E-state index in [1.165, 1.54) is 12.1 Å². The summed E-state index contributed by atoms with van der Waals surface area (Å²) in [4.78, 5) is 10.1. The van der Waals surface area contributed by atoms with Gasteiger partial charge in [-0.2, -0.15) is 0 Å². The molecule has 0 bridgehead atoms. The van der Waals surface area contributed by atoms with Gasteiger partial charge in [0, 0.05) is 12.1 Å². The van der Waals surface area contributed by atoms with Crippen LogP contribution in [0.25, 0.3) is 0 Å². The summed E-state index contributed by atoms with van der Waals surface area (Å²) in [6.07, 6.45) is -1.16. The Morgan fingerprint density at radius 2 is 2.21 bits per heavy atom. The molecule has 0 unspecified atom stereocenters. The van der Waals surface area contributed by atoms with Gasteiger partial charge < -0.3 is 15.5 Å². The summed E-state index contributed by atoms with van der Waals surface area (Å²) >= 11 is 0. The molecule has 0 fully saturated rings. The second-order valence-corrected chi connectivity index (χ2v) is 2.74. The summed E-state index contributed by atoms with van der Waals surface area (Å²) < 4.78 is 13.0. The van der Waals surface area contributed by atoms with Crippen molar-refractivity contribution in [3.63, 3.8) is 0 Å². The van der Waals surface area contributed by atoms with Crippen molar-refractivity contribution < 1.29 is 19.4 Å². The van der Waals surface area contributed by atoms with Crippen LogP contribution in [0.5, 0.6) is 0 Å². The van der Waals surface area contributed by atoms with E-state index in [-0.39, 0.29) is 18.7 Å². The fraction of sp³-hybridized carbons (Fsp3) is 0.222. The fourth-order valence-electron chi connectivity index (χ4n) is 1.01. The number of carbonyl (C=O) groups is 1. The Morgan fingerprint density at radius 3 is 2.71 bits per heavy atom. The Morgan fingerprint density at radius 1 is 1.50 bits per heavy atom. The van der Waals surface area contributed by atoms with Crippen molar-refractivity contribution in [2.24, 2.45) is 0 Å². The van der Waals surface area contributed by atoms with Gasteiger partial charge in [-0.15, -0.1) is 0 Å². The largest absolute Gasteiger partial charge is 0.465 e. The first-order chi connectivity index (χ1) is 6.63. The Kier molecular flexibility index (Phi) is 3.41. The molecule has 1 aromatic rings. The average Bonchev–Trinajstić information content (AvgIpc) is 2.15. The van der Waals surface area contributed by atoms with Crippen LogP contribution in [0, 0.1) is 5.82 Å². The lowest BCUT2D eigenvalue weighted by Gasteiger charge is -2.03. The van der Waals surface area contributed by atoms with Crippen molar-refractivity contribution >= 4 is 6.09 Å². The molecule has 0 spiro atoms. The first-order valence-corrected chi connectivity index (χ1v) is 3.98. The molecular formula is C9H10FNO3. The summed E-state index contributed by atoms with van der Waals surface area (Å²) in [7, 11) is 0. The Bertz CT molecular complexity index is 341. The third-order valence-electron chi connectivity index (χ3n) is 1.73. The number of nitrogens with one attached hydrogen (secondary N) is 1. The molecule has 5 heteroatoms. The van der Waals surface area contributed by atoms with Gasteiger partial charge in [-0.1, -0.05) is 12.1 Å². The molecule has 0 heterocycles. The van der Waals surface area contributed by atoms with Crippen LogP contribution in [0.4, 0.5) is 9.18 Å². The number of benzene rings is 1. The van der Waals surface area contributed by atoms with Crippen LogP contribution in [-0.4, -0.2) is 16.3 Å². The molecule has 3 N–H and O–H groups in total. The van der Waals surface area contributed by atoms with Crippen molar-refractivity contribution in [3.8, 4) is 0 Å². The van der Waals surface area contributed by atoms with Gasteiger partial charge in [0.1, 0.15) is 5.82 Å². The highest BCUT2D eigenvalue weighted by Crippen LogP contribution is 2.10. The molecule has 14 heavy (non-hydrogen) atoms. The monoisotopic (exact) mass is 199 g/mol. The zero-order valence-electron chi connectivity index (χ0n) is 7.33. The summed E-state index contributed by atoms with van der Waals surface area (Å²) in [6, 6.07) is 4.18. The summed E-state index contributed by atoms with van der Waals surface area (Å²) in [5.41, 5.74) is 0.714. The number of amides is 1. The second-order valence-electron chi connectivity index (χ2n) is 2.74. The van der Waals surface area contributed by atoms with Gasteiger partial charge in [-0.3, -0.25) is 0 Å². The van der Waals surface area contributed by atoms with Gasteiger partial charge in [0.2, 0.25) is 0 Å². The van der Waals surface area contributed by atoms with Gasteiger partial charge >= 0.3 is 6.09 Å². The zero-order chi connectivity index (χ0) is 10.6. The molecule has 1 rings (SSSR count). The predicted molar refractivity (Wildman–Crippen MR) is 47.2 cm³/mol. The van der Waals surface area contributed by atoms with Crippen molar-refractivity contribution in [3.05, 3.63) is 35.1 Å². The highest BCUT2D eigenvalue weighted by atomic mass is 19.1. The lowest BCUT2D eigenvalue weighted by molar-refractivity contribution is 0.194. The molecule has 0 aliphatic rings. The van der Waals surface area contributed by atoms with Crippen molar-refractivity contribution in [1.29, 1.82) is 0 Å². The van der Waals surface area contributed by atoms with Gasteiger partial charge in [-0.25, -0.2) is 9.18 Å². The Balaban J connectivity index is 2.71. The zero-order valence-corrected chi connectivity index (χ0v) is 7.33. The van der Waals surface area contributed by atoms with Gasteiger partial charge in [0.15, 0.2) is 0 Å². The maximum absolute atomic E-state index is 13.0. The maximum Gasteiger partial charge on any atom is 0.404 e. The first-order valence-electron chi connectivity index (χ1n) is 3.98. The molecule has 0 aromatic heterocycles. The maximum atomic E-state index is 13.0. The molecule has 0 aliphatic carbocycles. The number of halogens is 1. The quantitative estimate of drug-likeness (QED) is 0.682. The highest BCUT2D eigenvalue weighted by molar-refractivity contribution is 5.64. The van der Waals surface area contributed by atoms with Crippen LogP contribution in [0.2, 0.25) is 0 Å². The molecule has 1 amide bonds. The van der Waals surface area contributed by atoms with Crippen LogP contribution in [0.15, 0.2) is 18.2 Å². The summed E-state index contributed by atoms with van der Waals surface area (Å²) in [5.74, 6) is -0.530. The third-order valence-corrected chi connectivity index (χ3v) is 1.73. The van der Waals surface area contributed by atoms with Gasteiger partial charge in [0.05, 0.1) is 6.61 Å². The van der Waals surface area contributed by atoms with E-state index in [1.807, 2.05) is 0 Å². The van der Waals surface area contributed by atoms with Crippen LogP contribution in [-0.2, 0) is 13.2 Å². The average molecular weight is 199 g/mol. The van der Waals surface area contributed by atoms with E-state index in [0.717, 1.165) is 0 Å². The molecular weight excluding hydrogens is 189 g/mol. The normalized spacial score (nSPS) is 9.86. The molecule has 0 aliphatic heterocycles. The fourth-order valence-corrected chi connectivity index (χ4v) is 1.01. The predicted octanol–water partition coefficient (Wildman–Crippen LogP) is 1.09. The molecule has 0 atom stereocenters. The SMILES string of the molecule is O=C(O)NCc1ccc(CO)c(F)c1. The molecule has 1 aromatic carbocycles. The van der Waals surface area contributed by atoms with E-state index in [4.69, 9.17) is 10.2 Å². The standard InChI is InChI=1S/C9H10FNO3/c10-8-3-6(4-11-9(13)14)1-2-7(8)5-12/h1-3,11-12H,4-5H2,(H,13,14). The van der Waals surface area contributed by atoms with E-state index in [1.54, 1.807) is 6.07 Å². The van der Waals surface area contributed by atoms with Crippen LogP contribution in [0.3, 0.4) is 0 Å². The van der Waals surface area contributed by atoms with Crippen molar-refractivity contribution in [1.82, 2.24) is 5.32 Å². The van der Waals surface area contributed by atoms with E-state index in [0.29, 0.717) is 5.56 Å². The van der Waals surface area contributed by atoms with Crippen LogP contribution >= 0.6 is 0 Å². The molecule has 0 radical (unpaired) electrons. The number of hydrogen-bond donors (Lipinski definition) is 3. The van der Waals surface area contributed by atoms with Crippen LogP contribution < -0.4 is 5.32 Å². The smallest absolute Gasteiger partial charge is 0.404 e. The van der Waals surface area contributed by atoms with Crippen molar-refractivity contribution in [2.75, 3.05) is 0 Å². The third kappa shape index (κ3) is 2.70. The van der Waals surface area contributed by atoms with Crippen LogP contribution in [0.1, 0.15) is 11.1 Å². The first kappa shape index (κ1) is 10.5. The Labute approximate surface area is 80.0 Å². The van der Waals surface area contributed by atoms with Gasteiger partial charge in [-0.05, 0) is 11.6 Å². The minimum absolute atomic E-state index is 0.0535. The lowest BCUT2D eigenvalue weighted by Crippen LogP contribution is -2.20. The van der Waals surface area contributed by atoms with E-state index >= 15 is 0 Å². The number of aliphatic hydroxyl groups is 1. The van der Waals surface area contributed by atoms with Crippen molar-refractivity contribution in [2.45, 2.75) is 13.2 Å². The number of hydrogen-bond acceptors (Lipinski definition) is 2. The Hall–Kier alpha value is -1.62. The molecule has 76 valence electrons. The topological polar surface area (TPSA) is 69.6 Å². The van der Waals surface area contributed by atoms with E-state index in [2.05, 4.69) is 5.32 Å². The van der Waals surface area contributed by atoms with E-state index < -0.39 is 11.9 Å². The molecule has 4 nitrogen and oxygen atoms in total. The summed E-state index contributed by atoms with van der Waals surface area (Å²) in [6.45, 7) is -0.309. The second kappa shape index (κ2) is 4.57. The van der Waals surface area contributed by atoms with E-state index in [9.17, 15) is 9.18 Å². The molecule has 0 saturated heterocycles.